The molecule has 16 heavy (non-hydrogen) atoms. The van der Waals surface area contributed by atoms with Gasteiger partial charge in [-0.15, -0.1) is 0 Å². The van der Waals surface area contributed by atoms with Gasteiger partial charge in [0.1, 0.15) is 5.56 Å². The van der Waals surface area contributed by atoms with Crippen LogP contribution in [0.5, 0.6) is 0 Å². The Morgan fingerprint density at radius 1 is 1.75 bits per heavy atom. The fourth-order valence-electron chi connectivity index (χ4n) is 1.64. The van der Waals surface area contributed by atoms with Crippen LogP contribution in [0.3, 0.4) is 0 Å². The number of rotatable bonds is 2. The average molecular weight is 225 g/mol. The lowest BCUT2D eigenvalue weighted by Gasteiger charge is -2.10. The molecule has 0 saturated carbocycles. The monoisotopic (exact) mass is 225 g/mol. The molecule has 0 bridgehead atoms. The Morgan fingerprint density at radius 3 is 3.06 bits per heavy atom. The van der Waals surface area contributed by atoms with Crippen LogP contribution in [0.25, 0.3) is 0 Å². The van der Waals surface area contributed by atoms with Crippen LogP contribution >= 0.6 is 0 Å². The van der Waals surface area contributed by atoms with Crippen LogP contribution in [0.15, 0.2) is 6.20 Å². The van der Waals surface area contributed by atoms with Crippen molar-refractivity contribution in [1.82, 2.24) is 15.1 Å². The molecule has 1 aliphatic rings. The van der Waals surface area contributed by atoms with Crippen molar-refractivity contribution in [3.05, 3.63) is 17.5 Å². The van der Waals surface area contributed by atoms with Crippen molar-refractivity contribution in [2.24, 2.45) is 7.05 Å². The summed E-state index contributed by atoms with van der Waals surface area (Å²) in [7, 11) is 2.96. The van der Waals surface area contributed by atoms with Crippen LogP contribution in [0.1, 0.15) is 22.2 Å². The van der Waals surface area contributed by atoms with Gasteiger partial charge in [-0.25, -0.2) is 9.59 Å². The van der Waals surface area contributed by atoms with E-state index in [1.54, 1.807) is 7.05 Å². The van der Waals surface area contributed by atoms with Gasteiger partial charge in [0.2, 0.25) is 0 Å². The van der Waals surface area contributed by atoms with Crippen molar-refractivity contribution in [2.75, 3.05) is 13.7 Å². The van der Waals surface area contributed by atoms with Crippen molar-refractivity contribution in [2.45, 2.75) is 6.10 Å². The summed E-state index contributed by atoms with van der Waals surface area (Å²) in [4.78, 5) is 22.4. The number of cyclic esters (lactones) is 1. The molecule has 1 aromatic heterocycles. The number of amides is 1. The lowest BCUT2D eigenvalue weighted by Crippen LogP contribution is -2.15. The van der Waals surface area contributed by atoms with Crippen LogP contribution in [-0.4, -0.2) is 35.5 Å². The van der Waals surface area contributed by atoms with E-state index >= 15 is 0 Å². The van der Waals surface area contributed by atoms with Crippen molar-refractivity contribution in [3.8, 4) is 0 Å². The summed E-state index contributed by atoms with van der Waals surface area (Å²) in [6, 6.07) is 0. The second-order valence-electron chi connectivity index (χ2n) is 3.33. The zero-order valence-electron chi connectivity index (χ0n) is 8.89. The minimum atomic E-state index is -0.505. The SMILES string of the molecule is COC(=O)c1cnn(C)c1C1CNC(=O)O1. The van der Waals surface area contributed by atoms with Gasteiger partial charge in [0.25, 0.3) is 0 Å². The summed E-state index contributed by atoms with van der Waals surface area (Å²) in [6.45, 7) is 0.322. The van der Waals surface area contributed by atoms with Crippen molar-refractivity contribution in [1.29, 1.82) is 0 Å². The second-order valence-corrected chi connectivity index (χ2v) is 3.33. The molecule has 7 nitrogen and oxygen atoms in total. The van der Waals surface area contributed by atoms with Gasteiger partial charge in [0, 0.05) is 7.05 Å². The molecule has 0 aliphatic carbocycles. The van der Waals surface area contributed by atoms with Crippen LogP contribution in [0, 0.1) is 0 Å². The third-order valence-corrected chi connectivity index (χ3v) is 2.38. The van der Waals surface area contributed by atoms with E-state index in [1.165, 1.54) is 18.0 Å². The van der Waals surface area contributed by atoms with Crippen LogP contribution < -0.4 is 5.32 Å². The van der Waals surface area contributed by atoms with E-state index < -0.39 is 18.2 Å². The Morgan fingerprint density at radius 2 is 2.50 bits per heavy atom. The molecule has 0 spiro atoms. The number of alkyl carbamates (subject to hydrolysis) is 1. The number of hydrogen-bond donors (Lipinski definition) is 1. The maximum Gasteiger partial charge on any atom is 0.408 e. The van der Waals surface area contributed by atoms with Gasteiger partial charge in [0.15, 0.2) is 6.10 Å². The van der Waals surface area contributed by atoms with Gasteiger partial charge in [-0.05, 0) is 0 Å². The van der Waals surface area contributed by atoms with E-state index in [-0.39, 0.29) is 0 Å². The predicted octanol–water partition coefficient (Wildman–Crippen LogP) is -0.0124. The Balaban J connectivity index is 2.35. The topological polar surface area (TPSA) is 82.5 Å². The predicted molar refractivity (Wildman–Crippen MR) is 51.8 cm³/mol. The van der Waals surface area contributed by atoms with Gasteiger partial charge in [-0.1, -0.05) is 0 Å². The second kappa shape index (κ2) is 3.84. The molecular formula is C9H11N3O4. The minimum Gasteiger partial charge on any atom is -0.465 e. The number of aromatic nitrogens is 2. The van der Waals surface area contributed by atoms with Gasteiger partial charge in [0.05, 0.1) is 25.5 Å². The third-order valence-electron chi connectivity index (χ3n) is 2.38. The summed E-state index contributed by atoms with van der Waals surface area (Å²) in [5, 5.41) is 6.47. The quantitative estimate of drug-likeness (QED) is 0.715. The number of methoxy groups -OCH3 is 1. The molecule has 1 fully saturated rings. The molecule has 1 atom stereocenters. The number of hydrogen-bond acceptors (Lipinski definition) is 5. The lowest BCUT2D eigenvalue weighted by molar-refractivity contribution is 0.0592. The first-order chi connectivity index (χ1) is 7.63. The summed E-state index contributed by atoms with van der Waals surface area (Å²) in [6.07, 6.45) is 0.393. The van der Waals surface area contributed by atoms with Gasteiger partial charge in [-0.2, -0.15) is 5.10 Å². The van der Waals surface area contributed by atoms with E-state index in [4.69, 9.17) is 4.74 Å². The average Bonchev–Trinajstić information content (AvgIpc) is 2.83. The zero-order valence-corrected chi connectivity index (χ0v) is 8.89. The highest BCUT2D eigenvalue weighted by Crippen LogP contribution is 2.24. The lowest BCUT2D eigenvalue weighted by atomic mass is 10.1. The summed E-state index contributed by atoms with van der Waals surface area (Å²) in [5.41, 5.74) is 0.844. The molecule has 1 N–H and O–H groups in total. The van der Waals surface area contributed by atoms with Crippen LogP contribution in [0.2, 0.25) is 0 Å². The summed E-state index contributed by atoms with van der Waals surface area (Å²) >= 11 is 0. The maximum atomic E-state index is 11.4. The molecule has 7 heteroatoms. The van der Waals surface area contributed by atoms with Crippen molar-refractivity contribution >= 4 is 12.1 Å². The number of nitrogens with zero attached hydrogens (tertiary/aromatic N) is 2. The number of esters is 1. The standard InChI is InChI=1S/C9H11N3O4/c1-12-7(6-4-10-9(14)16-6)5(3-11-12)8(13)15-2/h3,6H,4H2,1-2H3,(H,10,14). The van der Waals surface area contributed by atoms with E-state index in [9.17, 15) is 9.59 Å². The number of aryl methyl sites for hydroxylation is 1. The van der Waals surface area contributed by atoms with E-state index in [0.29, 0.717) is 17.8 Å². The Hall–Kier alpha value is -2.05. The Labute approximate surface area is 91.3 Å². The van der Waals surface area contributed by atoms with Gasteiger partial charge >= 0.3 is 12.1 Å². The molecule has 86 valence electrons. The normalized spacial score (nSPS) is 19.1. The number of nitrogens with one attached hydrogen (secondary N) is 1. The number of carbonyl (C=O) groups is 2. The van der Waals surface area contributed by atoms with E-state index in [2.05, 4.69) is 15.2 Å². The maximum absolute atomic E-state index is 11.4. The van der Waals surface area contributed by atoms with Crippen molar-refractivity contribution in [3.63, 3.8) is 0 Å². The first-order valence-electron chi connectivity index (χ1n) is 4.68. The molecule has 1 amide bonds. The first kappa shape index (κ1) is 10.5. The molecule has 2 rings (SSSR count). The summed E-state index contributed by atoms with van der Waals surface area (Å²) < 4.78 is 11.1. The highest BCUT2D eigenvalue weighted by Gasteiger charge is 2.31. The fraction of sp³-hybridized carbons (Fsp3) is 0.444. The summed E-state index contributed by atoms with van der Waals surface area (Å²) in [5.74, 6) is -0.494. The molecule has 2 heterocycles. The third kappa shape index (κ3) is 1.60. The minimum absolute atomic E-state index is 0.312. The number of carbonyl (C=O) groups excluding carboxylic acids is 2. The van der Waals surface area contributed by atoms with Gasteiger partial charge in [-0.3, -0.25) is 4.68 Å². The fourth-order valence-corrected chi connectivity index (χ4v) is 1.64. The van der Waals surface area contributed by atoms with Crippen LogP contribution in [-0.2, 0) is 16.5 Å². The van der Waals surface area contributed by atoms with Crippen molar-refractivity contribution < 1.29 is 19.1 Å². The number of ether oxygens (including phenoxy) is 2. The molecule has 1 saturated heterocycles. The molecular weight excluding hydrogens is 214 g/mol. The Bertz CT molecular complexity index is 440. The largest absolute Gasteiger partial charge is 0.465 e. The smallest absolute Gasteiger partial charge is 0.408 e. The highest BCUT2D eigenvalue weighted by atomic mass is 16.6. The van der Waals surface area contributed by atoms with Gasteiger partial charge < -0.3 is 14.8 Å². The highest BCUT2D eigenvalue weighted by molar-refractivity contribution is 5.90. The first-order valence-corrected chi connectivity index (χ1v) is 4.68. The Kier molecular flexibility index (Phi) is 2.51. The van der Waals surface area contributed by atoms with E-state index in [1.807, 2.05) is 0 Å². The molecule has 0 radical (unpaired) electrons. The zero-order chi connectivity index (χ0) is 11.7. The molecule has 1 aromatic rings. The van der Waals surface area contributed by atoms with Crippen LogP contribution in [0.4, 0.5) is 4.79 Å². The molecule has 1 unspecified atom stereocenters. The van der Waals surface area contributed by atoms with E-state index in [0.717, 1.165) is 0 Å². The molecule has 0 aromatic carbocycles. The molecule has 1 aliphatic heterocycles.